The lowest BCUT2D eigenvalue weighted by Gasteiger charge is -1.86. The van der Waals surface area contributed by atoms with Crippen LogP contribution < -0.4 is 0 Å². The van der Waals surface area contributed by atoms with Gasteiger partial charge < -0.3 is 9.84 Å². The predicted molar refractivity (Wildman–Crippen MR) is 105 cm³/mol. The first-order valence-electron chi connectivity index (χ1n) is 9.06. The first kappa shape index (κ1) is 20.9. The molecule has 3 nitrogen and oxygen atoms in total. The zero-order chi connectivity index (χ0) is 18.2. The van der Waals surface area contributed by atoms with E-state index in [-0.39, 0.29) is 12.5 Å². The number of carboxylic acids is 1. The zero-order valence-electron chi connectivity index (χ0n) is 15.1. The number of allylic oxidation sites excluding steroid dienone is 10. The van der Waals surface area contributed by atoms with Crippen LogP contribution in [0.2, 0.25) is 0 Å². The number of ether oxygens (including phenoxy) is 1. The number of carbonyl (C=O) groups is 1. The molecule has 0 aliphatic carbocycles. The Morgan fingerprint density at radius 1 is 0.920 bits per heavy atom. The molecule has 1 aliphatic rings. The van der Waals surface area contributed by atoms with E-state index in [1.165, 1.54) is 0 Å². The Kier molecular flexibility index (Phi) is 11.9. The maximum Gasteiger partial charge on any atom is 0.303 e. The smallest absolute Gasteiger partial charge is 0.303 e. The monoisotopic (exact) mass is 342 g/mol. The van der Waals surface area contributed by atoms with Gasteiger partial charge in [-0.1, -0.05) is 79.8 Å². The highest BCUT2D eigenvalue weighted by Gasteiger charge is 2.34. The first-order chi connectivity index (χ1) is 12.2. The standard InChI is InChI=1S/C22H30O3/c1-2-3-14-17-20-21(25-20)18-15-12-10-8-6-4-5-7-9-11-13-16-19-22(23)24/h3,5-8,10-15,18,20-21H,2,4,9,16-17,19H2,1H3,(H,23,24)/b7-5-,8-6-,12-10+,13-11-,14-3-,18-15+. The van der Waals surface area contributed by atoms with E-state index in [0.29, 0.717) is 12.5 Å². The normalized spacial score (nSPS) is 21.2. The van der Waals surface area contributed by atoms with E-state index in [1.54, 1.807) is 0 Å². The molecule has 2 atom stereocenters. The third-order valence-electron chi connectivity index (χ3n) is 3.57. The highest BCUT2D eigenvalue weighted by atomic mass is 16.6. The fourth-order valence-electron chi connectivity index (χ4n) is 2.14. The van der Waals surface area contributed by atoms with Crippen molar-refractivity contribution in [2.45, 2.75) is 57.7 Å². The molecule has 25 heavy (non-hydrogen) atoms. The van der Waals surface area contributed by atoms with Crippen molar-refractivity contribution in [3.8, 4) is 0 Å². The molecule has 136 valence electrons. The minimum absolute atomic E-state index is 0.202. The topological polar surface area (TPSA) is 49.8 Å². The number of hydrogen-bond donors (Lipinski definition) is 1. The fraction of sp³-hybridized carbons (Fsp3) is 0.409. The number of hydrogen-bond acceptors (Lipinski definition) is 2. The molecule has 0 aromatic carbocycles. The summed E-state index contributed by atoms with van der Waals surface area (Å²) in [6.07, 6.45) is 30.1. The van der Waals surface area contributed by atoms with Gasteiger partial charge in [0.05, 0.1) is 6.10 Å². The van der Waals surface area contributed by atoms with Gasteiger partial charge in [0.1, 0.15) is 6.10 Å². The van der Waals surface area contributed by atoms with Crippen molar-refractivity contribution in [1.82, 2.24) is 0 Å². The van der Waals surface area contributed by atoms with Gasteiger partial charge in [-0.2, -0.15) is 0 Å². The van der Waals surface area contributed by atoms with E-state index in [9.17, 15) is 4.79 Å². The molecular formula is C22H30O3. The lowest BCUT2D eigenvalue weighted by molar-refractivity contribution is -0.136. The van der Waals surface area contributed by atoms with Crippen LogP contribution in [0.4, 0.5) is 0 Å². The molecule has 0 bridgehead atoms. The average molecular weight is 342 g/mol. The molecule has 0 aromatic rings. The molecule has 2 unspecified atom stereocenters. The molecule has 0 radical (unpaired) electrons. The Balaban J connectivity index is 2.01. The minimum Gasteiger partial charge on any atom is -0.481 e. The van der Waals surface area contributed by atoms with Crippen LogP contribution >= 0.6 is 0 Å². The molecule has 1 saturated heterocycles. The van der Waals surface area contributed by atoms with Crippen LogP contribution in [-0.4, -0.2) is 23.3 Å². The molecule has 0 spiro atoms. The van der Waals surface area contributed by atoms with Gasteiger partial charge in [-0.25, -0.2) is 0 Å². The largest absolute Gasteiger partial charge is 0.481 e. The summed E-state index contributed by atoms with van der Waals surface area (Å²) in [4.78, 5) is 10.3. The summed E-state index contributed by atoms with van der Waals surface area (Å²) in [7, 11) is 0. The lowest BCUT2D eigenvalue weighted by Crippen LogP contribution is -1.91. The number of epoxide rings is 1. The Hall–Kier alpha value is -2.13. The average Bonchev–Trinajstić information content (AvgIpc) is 3.33. The maximum absolute atomic E-state index is 10.3. The second-order valence-corrected chi connectivity index (χ2v) is 5.80. The van der Waals surface area contributed by atoms with Gasteiger partial charge in [-0.15, -0.1) is 0 Å². The Labute approximate surface area is 151 Å². The number of rotatable bonds is 13. The Bertz CT molecular complexity index is 535. The van der Waals surface area contributed by atoms with Crippen LogP contribution in [0.3, 0.4) is 0 Å². The molecule has 1 heterocycles. The quantitative estimate of drug-likeness (QED) is 0.272. The van der Waals surface area contributed by atoms with Crippen LogP contribution in [0.25, 0.3) is 0 Å². The molecule has 3 heteroatoms. The van der Waals surface area contributed by atoms with E-state index < -0.39 is 5.97 Å². The van der Waals surface area contributed by atoms with Crippen molar-refractivity contribution in [3.63, 3.8) is 0 Å². The van der Waals surface area contributed by atoms with Gasteiger partial charge in [-0.3, -0.25) is 4.79 Å². The molecule has 1 fully saturated rings. The van der Waals surface area contributed by atoms with Crippen molar-refractivity contribution in [3.05, 3.63) is 72.9 Å². The van der Waals surface area contributed by atoms with E-state index in [4.69, 9.17) is 9.84 Å². The SMILES string of the molecule is CC/C=C\CC1OC1/C=C/C=C/C=C\C/C=C\C/C=C\CCC(=O)O. The van der Waals surface area contributed by atoms with Crippen LogP contribution in [-0.2, 0) is 9.53 Å². The third kappa shape index (κ3) is 12.9. The van der Waals surface area contributed by atoms with Gasteiger partial charge in [0.15, 0.2) is 0 Å². The summed E-state index contributed by atoms with van der Waals surface area (Å²) >= 11 is 0. The Morgan fingerprint density at radius 3 is 2.40 bits per heavy atom. The van der Waals surface area contributed by atoms with Gasteiger partial charge in [0.2, 0.25) is 0 Å². The summed E-state index contributed by atoms with van der Waals surface area (Å²) in [5.74, 6) is -0.748. The van der Waals surface area contributed by atoms with Crippen molar-refractivity contribution in [2.24, 2.45) is 0 Å². The summed E-state index contributed by atoms with van der Waals surface area (Å²) in [6, 6.07) is 0. The first-order valence-corrected chi connectivity index (χ1v) is 9.06. The van der Waals surface area contributed by atoms with Crippen LogP contribution in [0.5, 0.6) is 0 Å². The Morgan fingerprint density at radius 2 is 1.64 bits per heavy atom. The van der Waals surface area contributed by atoms with E-state index in [1.807, 2.05) is 36.5 Å². The summed E-state index contributed by atoms with van der Waals surface area (Å²) in [6.45, 7) is 2.14. The molecule has 1 N–H and O–H groups in total. The molecule has 0 aromatic heterocycles. The molecule has 0 saturated carbocycles. The van der Waals surface area contributed by atoms with Crippen LogP contribution in [0.1, 0.15) is 45.4 Å². The number of carboxylic acid groups (broad SMARTS) is 1. The summed E-state index contributed by atoms with van der Waals surface area (Å²) in [5.41, 5.74) is 0. The third-order valence-corrected chi connectivity index (χ3v) is 3.57. The summed E-state index contributed by atoms with van der Waals surface area (Å²) < 4.78 is 5.55. The fourth-order valence-corrected chi connectivity index (χ4v) is 2.14. The van der Waals surface area contributed by atoms with Crippen molar-refractivity contribution in [1.29, 1.82) is 0 Å². The predicted octanol–water partition coefficient (Wildman–Crippen LogP) is 5.54. The highest BCUT2D eigenvalue weighted by molar-refractivity contribution is 5.66. The summed E-state index contributed by atoms with van der Waals surface area (Å²) in [5, 5.41) is 8.50. The van der Waals surface area contributed by atoms with E-state index in [0.717, 1.165) is 25.7 Å². The second kappa shape index (κ2) is 14.2. The van der Waals surface area contributed by atoms with Gasteiger partial charge in [-0.05, 0) is 32.1 Å². The van der Waals surface area contributed by atoms with Gasteiger partial charge >= 0.3 is 5.97 Å². The highest BCUT2D eigenvalue weighted by Crippen LogP contribution is 2.26. The van der Waals surface area contributed by atoms with Crippen LogP contribution in [0.15, 0.2) is 72.9 Å². The zero-order valence-corrected chi connectivity index (χ0v) is 15.1. The molecule has 1 aliphatic heterocycles. The lowest BCUT2D eigenvalue weighted by atomic mass is 10.2. The van der Waals surface area contributed by atoms with Crippen molar-refractivity contribution < 1.29 is 14.6 Å². The van der Waals surface area contributed by atoms with Crippen LogP contribution in [0, 0.1) is 0 Å². The molecule has 1 rings (SSSR count). The van der Waals surface area contributed by atoms with Crippen molar-refractivity contribution in [2.75, 3.05) is 0 Å². The van der Waals surface area contributed by atoms with Crippen molar-refractivity contribution >= 4 is 5.97 Å². The maximum atomic E-state index is 10.3. The second-order valence-electron chi connectivity index (χ2n) is 5.80. The molecular weight excluding hydrogens is 312 g/mol. The van der Waals surface area contributed by atoms with Gasteiger partial charge in [0, 0.05) is 6.42 Å². The van der Waals surface area contributed by atoms with E-state index in [2.05, 4.69) is 43.4 Å². The van der Waals surface area contributed by atoms with E-state index >= 15 is 0 Å². The minimum atomic E-state index is -0.748. The van der Waals surface area contributed by atoms with Gasteiger partial charge in [0.25, 0.3) is 0 Å². The number of aliphatic carboxylic acids is 1. The molecule has 0 amide bonds.